The Labute approximate surface area is 527 Å². The summed E-state index contributed by atoms with van der Waals surface area (Å²) in [4.78, 5) is 70.7. The van der Waals surface area contributed by atoms with Crippen molar-refractivity contribution >= 4 is 232 Å². The monoisotopic (exact) mass is 2000 g/mol. The molecular weight excluding hydrogens is 1970 g/mol. The number of aryl methyl sites for hydroxylation is 1. The van der Waals surface area contributed by atoms with Crippen LogP contribution >= 0.6 is 163 Å². The van der Waals surface area contributed by atoms with Gasteiger partial charge in [-0.25, -0.2) is 9.78 Å². The van der Waals surface area contributed by atoms with Crippen LogP contribution in [0.4, 0.5) is 16.2 Å². The Morgan fingerprint density at radius 3 is 2.03 bits per heavy atom. The van der Waals surface area contributed by atoms with Gasteiger partial charge in [0.05, 0.1) is 62.6 Å². The van der Waals surface area contributed by atoms with Crippen molar-refractivity contribution in [3.63, 3.8) is 0 Å². The number of hydrazone groups is 2. The summed E-state index contributed by atoms with van der Waals surface area (Å²) in [6.07, 6.45) is 6.41. The van der Waals surface area contributed by atoms with Crippen molar-refractivity contribution in [3.8, 4) is 29.1 Å². The van der Waals surface area contributed by atoms with E-state index in [0.29, 0.717) is 11.5 Å². The van der Waals surface area contributed by atoms with Crippen LogP contribution in [-0.4, -0.2) is 62.8 Å². The second kappa shape index (κ2) is 33.1. The minimum atomic E-state index is -1.08. The quantitative estimate of drug-likeness (QED) is 0.0278. The van der Waals surface area contributed by atoms with Crippen molar-refractivity contribution in [2.45, 2.75) is 40.5 Å². The number of nitriles is 1. The van der Waals surface area contributed by atoms with Gasteiger partial charge in [0.2, 0.25) is 5.71 Å². The van der Waals surface area contributed by atoms with Gasteiger partial charge in [0, 0.05) is 29.5 Å². The molecule has 2 aliphatic rings. The van der Waals surface area contributed by atoms with E-state index in [9.17, 15) is 19.2 Å². The van der Waals surface area contributed by atoms with Gasteiger partial charge in [-0.15, -0.1) is 5.01 Å². The van der Waals surface area contributed by atoms with Crippen LogP contribution < -0.4 is 59.9 Å². The van der Waals surface area contributed by atoms with E-state index in [4.69, 9.17) is 77.6 Å². The molecule has 1 aliphatic carbocycles. The van der Waals surface area contributed by atoms with E-state index in [1.165, 1.54) is 30.5 Å². The minimum Gasteiger partial charge on any atom is -0.453 e. The van der Waals surface area contributed by atoms with Crippen LogP contribution in [0, 0.1) is 24.8 Å². The zero-order chi connectivity index (χ0) is 54.3. The molecule has 0 saturated heterocycles. The number of allylic oxidation sites excluding steroid dienone is 2. The summed E-state index contributed by atoms with van der Waals surface area (Å²) in [6, 6.07) is 11.0. The topological polar surface area (TPSA) is 258 Å². The predicted molar refractivity (Wildman–Crippen MR) is 351 cm³/mol. The number of carbonyl (C=O) groups is 5. The number of amides is 3. The van der Waals surface area contributed by atoms with Gasteiger partial charge in [0.1, 0.15) is 23.2 Å². The Morgan fingerprint density at radius 1 is 0.946 bits per heavy atom. The van der Waals surface area contributed by atoms with Gasteiger partial charge >= 0.3 is 158 Å². The maximum Gasteiger partial charge on any atom is 1.00 e. The summed E-state index contributed by atoms with van der Waals surface area (Å²) in [7, 11) is -0.942. The number of nitrogens with one attached hydrogen (secondary N) is 3. The largest absolute Gasteiger partial charge is 1.00 e. The maximum atomic E-state index is 12.2. The van der Waals surface area contributed by atoms with Crippen molar-refractivity contribution in [3.05, 3.63) is 109 Å². The number of carbonyl (C=O) groups excluding carboxylic acids is 5. The number of rotatable bonds is 11. The van der Waals surface area contributed by atoms with Crippen LogP contribution in [0.5, 0.6) is 23.0 Å². The Hall–Kier alpha value is -0.710. The van der Waals surface area contributed by atoms with Gasteiger partial charge in [-0.05, 0) is 80.3 Å². The van der Waals surface area contributed by atoms with E-state index in [-0.39, 0.29) is 109 Å². The number of aliphatic carboxylic acids is 1. The summed E-state index contributed by atoms with van der Waals surface area (Å²) in [5, 5.41) is 29.8. The van der Waals surface area contributed by atoms with Crippen LogP contribution in [0.3, 0.4) is 0 Å². The van der Waals surface area contributed by atoms with Crippen molar-refractivity contribution in [1.82, 2.24) is 20.3 Å². The Morgan fingerprint density at radius 2 is 1.50 bits per heavy atom. The molecule has 3 N–H and O–H groups in total. The number of halogens is 12. The second-order valence-corrected chi connectivity index (χ2v) is 162. The molecule has 19 nitrogen and oxygen atoms in total. The average molecular weight is 2000 g/mol. The number of ketones is 1. The number of H-pyrrole nitrogens is 1. The Kier molecular flexibility index (Phi) is 30.3. The van der Waals surface area contributed by atoms with Gasteiger partial charge in [0.25, 0.3) is 11.8 Å². The SMILES string of the molecule is CC(=O)[O-].CCOC(=O)NC(=O)/C(C#N)=N\Nc1cc(Cl)c(Oc2cnc3[nH]cc(C)c3c2)c(Cl)c1.II(I)I(I)I(I)I.[C-]#[N+]C1=NN(c2cc(Cl)c(Oc3cnc4c(c3)C(C)=CC4)c(Cl)c2)C(=O)CC1=O.[Na+]. The fraction of sp³-hybridized carbons (Fsp3) is 0.167. The van der Waals surface area contributed by atoms with Crippen LogP contribution in [0.1, 0.15) is 44.0 Å². The number of imide groups is 1. The van der Waals surface area contributed by atoms with E-state index in [2.05, 4.69) is 139 Å². The maximum absolute atomic E-state index is 12.2. The number of carboxylic acids is 1. The molecular formula is C42H31Cl4I8N10NaO9. The molecule has 4 heterocycles. The fourth-order valence-corrected chi connectivity index (χ4v) is 426. The first-order valence-corrected chi connectivity index (χ1v) is 65.1. The number of aromatic amines is 1. The van der Waals surface area contributed by atoms with E-state index in [1.54, 1.807) is 25.3 Å². The van der Waals surface area contributed by atoms with Gasteiger partial charge < -0.3 is 38.7 Å². The molecule has 0 radical (unpaired) electrons. The fourth-order valence-electron chi connectivity index (χ4n) is 5.67. The first kappa shape index (κ1) is 67.6. The van der Waals surface area contributed by atoms with Crippen molar-refractivity contribution in [2.75, 3.05) is 17.0 Å². The molecule has 0 unspecified atom stereocenters. The van der Waals surface area contributed by atoms with E-state index in [1.807, 2.05) is 31.4 Å². The number of carboxylic acid groups (broad SMARTS) is 1. The molecule has 0 saturated carbocycles. The molecule has 0 atom stereocenters. The number of fused-ring (bicyclic) bond motifs is 2. The zero-order valence-corrected chi connectivity index (χ0v) is 60.5. The van der Waals surface area contributed by atoms with Crippen LogP contribution in [0.15, 0.2) is 71.3 Å². The standard InChI is InChI=1S/C20H16Cl2N6O4.C20H12Cl2N4O3.C2H4O2.I8.Na/c1-3-31-20(30)26-19(29)16(7-23)28-27-11-4-14(21)17(15(22)5-11)32-12-6-13-10(2)8-24-18(13)25-9-12;1-10-3-4-16-13(10)7-12(9-24-16)29-19-14(21)5-11(6-15(19)22)26-18(28)8-17(27)20(23-2)25-26;1-2(3)4;1-6(2)8(5)7(3)4;/h4-6,8-9,27H,3H2,1-2H3,(H,24,25)(H,26,29,30);3,5-7,9H,4,8H2,1H3;1H3,(H,3,4);;/q;;;;+1/p-1/b28-16-;;;;. The number of hydrogen-bond acceptors (Lipinski definition) is 15. The van der Waals surface area contributed by atoms with Gasteiger partial charge in [-0.1, -0.05) is 59.1 Å². The van der Waals surface area contributed by atoms with Crippen LogP contribution in [-0.2, 0) is 30.3 Å². The number of amidine groups is 1. The molecule has 7 rings (SSSR count). The smallest absolute Gasteiger partial charge is 0.453 e. The third-order valence-electron chi connectivity index (χ3n) is 8.72. The predicted octanol–water partition coefficient (Wildman–Crippen LogP) is 12.1. The molecule has 5 aromatic rings. The molecule has 74 heavy (non-hydrogen) atoms. The van der Waals surface area contributed by atoms with Crippen molar-refractivity contribution < 1.29 is 72.8 Å². The molecule has 32 heteroatoms. The summed E-state index contributed by atoms with van der Waals surface area (Å²) in [5.74, 6) is -2.37. The molecule has 0 fully saturated rings. The number of Topliss-reactive ketones (excluding diaryl/α,β-unsaturated/α-hetero) is 1. The molecule has 2 aromatic carbocycles. The Balaban J connectivity index is 0.000000317. The summed E-state index contributed by atoms with van der Waals surface area (Å²) < 4.78 is 16.2. The van der Waals surface area contributed by atoms with Gasteiger partial charge in [-0.3, -0.25) is 25.3 Å². The molecule has 388 valence electrons. The number of nitrogens with zero attached hydrogens (tertiary/aromatic N) is 7. The van der Waals surface area contributed by atoms with Gasteiger partial charge in [0.15, 0.2) is 17.3 Å². The Bertz CT molecular complexity index is 3080. The first-order valence-electron chi connectivity index (χ1n) is 19.6. The van der Waals surface area contributed by atoms with E-state index >= 15 is 0 Å². The third kappa shape index (κ3) is 20.4. The number of pyridine rings is 2. The van der Waals surface area contributed by atoms with Gasteiger partial charge in [-0.2, -0.15) is 10.4 Å². The molecule has 1 aliphatic heterocycles. The molecule has 0 bridgehead atoms. The molecule has 3 aromatic heterocycles. The van der Waals surface area contributed by atoms with Crippen molar-refractivity contribution in [1.29, 1.82) is 5.26 Å². The summed E-state index contributed by atoms with van der Waals surface area (Å²) in [5.41, 5.74) is 7.25. The van der Waals surface area contributed by atoms with E-state index < -0.39 is 41.8 Å². The molecule has 3 amide bonds. The third-order valence-corrected chi connectivity index (χ3v) is 340. The van der Waals surface area contributed by atoms with Crippen LogP contribution in [0.2, 0.25) is 20.1 Å². The van der Waals surface area contributed by atoms with E-state index in [0.717, 1.165) is 51.8 Å². The second-order valence-electron chi connectivity index (χ2n) is 13.7. The number of aromatic nitrogens is 3. The number of benzene rings is 2. The summed E-state index contributed by atoms with van der Waals surface area (Å²) in [6.45, 7) is 13.6. The number of anilines is 2. The number of alkyl carbamates (subject to hydrolysis) is 1. The minimum absolute atomic E-state index is 0. The van der Waals surface area contributed by atoms with Crippen molar-refractivity contribution in [2.24, 2.45) is 10.2 Å². The number of hydrogen-bond donors (Lipinski definition) is 3. The normalized spacial score (nSPS) is 12.9. The average Bonchev–Trinajstić information content (AvgIpc) is 3.89. The first-order chi connectivity index (χ1) is 34.5. The molecule has 0 spiro atoms. The van der Waals surface area contributed by atoms with Crippen LogP contribution in [0.25, 0.3) is 21.5 Å². The zero-order valence-electron chi connectivity index (χ0n) is 38.2. The summed E-state index contributed by atoms with van der Waals surface area (Å²) >= 11 is 38.9. The number of ether oxygens (including phenoxy) is 3.